The minimum absolute atomic E-state index is 0.223. The molecule has 1 aliphatic rings. The van der Waals surface area contributed by atoms with Crippen molar-refractivity contribution < 1.29 is 14.3 Å². The maximum absolute atomic E-state index is 11.6. The van der Waals surface area contributed by atoms with E-state index in [1.54, 1.807) is 13.0 Å². The van der Waals surface area contributed by atoms with Crippen molar-refractivity contribution in [3.8, 4) is 11.8 Å². The number of aryl methyl sites for hydroxylation is 1. The molecule has 0 aliphatic heterocycles. The Kier molecular flexibility index (Phi) is 4.99. The lowest BCUT2D eigenvalue weighted by molar-refractivity contribution is -0.115. The second-order valence-electron chi connectivity index (χ2n) is 5.08. The fourth-order valence-corrected chi connectivity index (χ4v) is 2.73. The molecule has 1 aromatic rings. The summed E-state index contributed by atoms with van der Waals surface area (Å²) in [6, 6.07) is 5.68. The van der Waals surface area contributed by atoms with Crippen molar-refractivity contribution in [2.75, 3.05) is 13.7 Å². The standard InChI is InChI=1S/C17H19NO3/c1-3-5-16(19)18-11-14-7-4-6-12-8-9-13(10-15(12)14)17(20)21-2/h8-10,14H,4,6-7,11H2,1-2H3,(H,18,19). The zero-order chi connectivity index (χ0) is 15.2. The normalized spacial score (nSPS) is 16.2. The van der Waals surface area contributed by atoms with Gasteiger partial charge >= 0.3 is 5.97 Å². The third-order valence-electron chi connectivity index (χ3n) is 3.75. The second kappa shape index (κ2) is 6.94. The topological polar surface area (TPSA) is 55.4 Å². The molecule has 0 radical (unpaired) electrons. The van der Waals surface area contributed by atoms with E-state index in [0.717, 1.165) is 24.8 Å². The monoisotopic (exact) mass is 285 g/mol. The summed E-state index contributed by atoms with van der Waals surface area (Å²) in [6.07, 6.45) is 3.10. The van der Waals surface area contributed by atoms with Gasteiger partial charge in [-0.05, 0) is 55.4 Å². The highest BCUT2D eigenvalue weighted by atomic mass is 16.5. The van der Waals surface area contributed by atoms with Gasteiger partial charge in [-0.15, -0.1) is 0 Å². The molecule has 1 atom stereocenters. The van der Waals surface area contributed by atoms with Gasteiger partial charge in [0.2, 0.25) is 0 Å². The number of methoxy groups -OCH3 is 1. The summed E-state index contributed by atoms with van der Waals surface area (Å²) in [7, 11) is 1.38. The van der Waals surface area contributed by atoms with Gasteiger partial charge in [0.15, 0.2) is 0 Å². The number of fused-ring (bicyclic) bond motifs is 1. The number of hydrogen-bond acceptors (Lipinski definition) is 3. The first-order valence-corrected chi connectivity index (χ1v) is 7.07. The first-order valence-electron chi connectivity index (χ1n) is 7.07. The minimum Gasteiger partial charge on any atom is -0.465 e. The van der Waals surface area contributed by atoms with E-state index in [0.29, 0.717) is 12.1 Å². The van der Waals surface area contributed by atoms with E-state index in [1.807, 2.05) is 12.1 Å². The third-order valence-corrected chi connectivity index (χ3v) is 3.75. The Morgan fingerprint density at radius 3 is 2.95 bits per heavy atom. The van der Waals surface area contributed by atoms with Crippen LogP contribution >= 0.6 is 0 Å². The van der Waals surface area contributed by atoms with Crippen molar-refractivity contribution in [3.05, 3.63) is 34.9 Å². The molecule has 0 spiro atoms. The summed E-state index contributed by atoms with van der Waals surface area (Å²) in [5.74, 6) is 4.69. The van der Waals surface area contributed by atoms with Crippen LogP contribution in [0.4, 0.5) is 0 Å². The molecule has 4 nitrogen and oxygen atoms in total. The molecular formula is C17H19NO3. The van der Waals surface area contributed by atoms with E-state index in [4.69, 9.17) is 4.74 Å². The molecule has 1 aliphatic carbocycles. The molecule has 4 heteroatoms. The molecule has 0 saturated heterocycles. The van der Waals surface area contributed by atoms with Gasteiger partial charge in [-0.2, -0.15) is 0 Å². The minimum atomic E-state index is -0.331. The molecule has 1 unspecified atom stereocenters. The van der Waals surface area contributed by atoms with Gasteiger partial charge in [0.1, 0.15) is 0 Å². The smallest absolute Gasteiger partial charge is 0.337 e. The van der Waals surface area contributed by atoms with E-state index < -0.39 is 0 Å². The maximum atomic E-state index is 11.6. The number of hydrogen-bond donors (Lipinski definition) is 1. The largest absolute Gasteiger partial charge is 0.465 e. The fraction of sp³-hybridized carbons (Fsp3) is 0.412. The number of amides is 1. The Hall–Kier alpha value is -2.28. The fourth-order valence-electron chi connectivity index (χ4n) is 2.73. The van der Waals surface area contributed by atoms with Crippen molar-refractivity contribution in [2.45, 2.75) is 32.1 Å². The number of rotatable bonds is 3. The van der Waals surface area contributed by atoms with Crippen molar-refractivity contribution in [3.63, 3.8) is 0 Å². The maximum Gasteiger partial charge on any atom is 0.337 e. The lowest BCUT2D eigenvalue weighted by Crippen LogP contribution is -2.29. The van der Waals surface area contributed by atoms with Gasteiger partial charge < -0.3 is 10.1 Å². The molecule has 21 heavy (non-hydrogen) atoms. The van der Waals surface area contributed by atoms with Crippen LogP contribution in [0.3, 0.4) is 0 Å². The van der Waals surface area contributed by atoms with Gasteiger partial charge in [0.05, 0.1) is 12.7 Å². The zero-order valence-corrected chi connectivity index (χ0v) is 12.4. The van der Waals surface area contributed by atoms with Crippen LogP contribution in [0.1, 0.15) is 47.2 Å². The molecule has 1 N–H and O–H groups in total. The van der Waals surface area contributed by atoms with Gasteiger partial charge in [0, 0.05) is 12.5 Å². The Balaban J connectivity index is 2.18. The third kappa shape index (κ3) is 3.63. The first-order chi connectivity index (χ1) is 10.2. The van der Waals surface area contributed by atoms with Crippen LogP contribution in [0.5, 0.6) is 0 Å². The number of nitrogens with one attached hydrogen (secondary N) is 1. The summed E-state index contributed by atoms with van der Waals surface area (Å²) >= 11 is 0. The average molecular weight is 285 g/mol. The summed E-state index contributed by atoms with van der Waals surface area (Å²) in [5, 5.41) is 2.83. The number of carbonyl (C=O) groups is 2. The van der Waals surface area contributed by atoms with E-state index in [-0.39, 0.29) is 17.8 Å². The molecule has 0 fully saturated rings. The molecule has 0 saturated carbocycles. The van der Waals surface area contributed by atoms with Crippen molar-refractivity contribution >= 4 is 11.9 Å². The predicted molar refractivity (Wildman–Crippen MR) is 79.9 cm³/mol. The molecule has 1 amide bonds. The average Bonchev–Trinajstić information content (AvgIpc) is 2.51. The molecular weight excluding hydrogens is 266 g/mol. The lowest BCUT2D eigenvalue weighted by atomic mass is 9.82. The molecule has 2 rings (SSSR count). The van der Waals surface area contributed by atoms with Crippen LogP contribution in [0.2, 0.25) is 0 Å². The van der Waals surface area contributed by atoms with E-state index in [1.165, 1.54) is 12.7 Å². The van der Waals surface area contributed by atoms with Crippen LogP contribution < -0.4 is 5.32 Å². The van der Waals surface area contributed by atoms with Crippen LogP contribution in [0.25, 0.3) is 0 Å². The molecule has 110 valence electrons. The van der Waals surface area contributed by atoms with E-state index in [2.05, 4.69) is 17.2 Å². The Morgan fingerprint density at radius 2 is 2.24 bits per heavy atom. The molecule has 1 aromatic carbocycles. The number of ether oxygens (including phenoxy) is 1. The van der Waals surface area contributed by atoms with Crippen molar-refractivity contribution in [1.82, 2.24) is 5.32 Å². The highest BCUT2D eigenvalue weighted by Gasteiger charge is 2.22. The summed E-state index contributed by atoms with van der Waals surface area (Å²) < 4.78 is 4.77. The number of carbonyl (C=O) groups excluding carboxylic acids is 2. The second-order valence-corrected chi connectivity index (χ2v) is 5.08. The first kappa shape index (κ1) is 15.1. The highest BCUT2D eigenvalue weighted by molar-refractivity contribution is 5.93. The number of esters is 1. The SMILES string of the molecule is CC#CC(=O)NCC1CCCc2ccc(C(=O)OC)cc21. The van der Waals surface area contributed by atoms with Crippen molar-refractivity contribution in [1.29, 1.82) is 0 Å². The Labute approximate surface area is 124 Å². The molecule has 0 bridgehead atoms. The number of benzene rings is 1. The lowest BCUT2D eigenvalue weighted by Gasteiger charge is -2.26. The highest BCUT2D eigenvalue weighted by Crippen LogP contribution is 2.32. The predicted octanol–water partition coefficient (Wildman–Crippen LogP) is 2.03. The van der Waals surface area contributed by atoms with Crippen molar-refractivity contribution in [2.24, 2.45) is 0 Å². The van der Waals surface area contributed by atoms with Gasteiger partial charge in [-0.3, -0.25) is 4.79 Å². The van der Waals surface area contributed by atoms with Crippen LogP contribution in [-0.4, -0.2) is 25.5 Å². The van der Waals surface area contributed by atoms with Crippen LogP contribution in [-0.2, 0) is 16.0 Å². The Morgan fingerprint density at radius 1 is 1.43 bits per heavy atom. The van der Waals surface area contributed by atoms with E-state index in [9.17, 15) is 9.59 Å². The zero-order valence-electron chi connectivity index (χ0n) is 12.4. The van der Waals surface area contributed by atoms with Gasteiger partial charge in [-0.1, -0.05) is 12.0 Å². The summed E-state index contributed by atoms with van der Waals surface area (Å²) in [5.41, 5.74) is 2.94. The van der Waals surface area contributed by atoms with Crippen LogP contribution in [0.15, 0.2) is 18.2 Å². The summed E-state index contributed by atoms with van der Waals surface area (Å²) in [6.45, 7) is 2.18. The quantitative estimate of drug-likeness (QED) is 0.683. The Bertz CT molecular complexity index is 610. The van der Waals surface area contributed by atoms with Gasteiger partial charge in [-0.25, -0.2) is 4.79 Å². The molecule has 0 heterocycles. The summed E-state index contributed by atoms with van der Waals surface area (Å²) in [4.78, 5) is 23.1. The van der Waals surface area contributed by atoms with Crippen LogP contribution in [0, 0.1) is 11.8 Å². The van der Waals surface area contributed by atoms with E-state index >= 15 is 0 Å². The molecule has 0 aromatic heterocycles. The van der Waals surface area contributed by atoms with Gasteiger partial charge in [0.25, 0.3) is 5.91 Å².